The third-order valence-corrected chi connectivity index (χ3v) is 4.57. The van der Waals surface area contributed by atoms with E-state index in [1.54, 1.807) is 0 Å². The number of carbonyl (C=O) groups excluding carboxylic acids is 1. The molecule has 5 nitrogen and oxygen atoms in total. The maximum Gasteiger partial charge on any atom is 0.303 e. The van der Waals surface area contributed by atoms with Crippen molar-refractivity contribution in [1.29, 1.82) is 0 Å². The molecule has 0 spiro atoms. The number of likely N-dealkylation sites (tertiary alicyclic amines) is 1. The maximum absolute atomic E-state index is 12.2. The van der Waals surface area contributed by atoms with Crippen LogP contribution in [0, 0.1) is 11.8 Å². The van der Waals surface area contributed by atoms with Gasteiger partial charge in [0.1, 0.15) is 0 Å². The minimum Gasteiger partial charge on any atom is -0.481 e. The van der Waals surface area contributed by atoms with Crippen molar-refractivity contribution in [3.8, 4) is 0 Å². The van der Waals surface area contributed by atoms with E-state index in [0.29, 0.717) is 24.7 Å². The van der Waals surface area contributed by atoms with Crippen molar-refractivity contribution in [3.05, 3.63) is 0 Å². The average Bonchev–Trinajstić information content (AvgIpc) is 2.96. The minimum atomic E-state index is -0.734. The third-order valence-electron chi connectivity index (χ3n) is 4.57. The fourth-order valence-corrected chi connectivity index (χ4v) is 3.30. The zero-order valence-corrected chi connectivity index (χ0v) is 12.1. The lowest BCUT2D eigenvalue weighted by Gasteiger charge is -2.33. The number of hydrogen-bond donors (Lipinski definition) is 2. The molecule has 20 heavy (non-hydrogen) atoms. The zero-order chi connectivity index (χ0) is 14.4. The van der Waals surface area contributed by atoms with Gasteiger partial charge in [-0.15, -0.1) is 0 Å². The van der Waals surface area contributed by atoms with Gasteiger partial charge in [-0.1, -0.05) is 0 Å². The predicted octanol–water partition coefficient (Wildman–Crippen LogP) is 1.48. The molecule has 1 amide bonds. The Hall–Kier alpha value is -1.10. The predicted molar refractivity (Wildman–Crippen MR) is 76.4 cm³/mol. The van der Waals surface area contributed by atoms with Crippen LogP contribution in [0.25, 0.3) is 0 Å². The number of carboxylic acids is 1. The molecule has 114 valence electrons. The van der Waals surface area contributed by atoms with E-state index in [9.17, 15) is 9.59 Å². The lowest BCUT2D eigenvalue weighted by atomic mass is 9.93. The average molecular weight is 282 g/mol. The van der Waals surface area contributed by atoms with Crippen molar-refractivity contribution in [1.82, 2.24) is 10.2 Å². The van der Waals surface area contributed by atoms with Gasteiger partial charge in [0.05, 0.1) is 0 Å². The first-order valence-corrected chi connectivity index (χ1v) is 7.85. The summed E-state index contributed by atoms with van der Waals surface area (Å²) in [5, 5.41) is 12.1. The Balaban J connectivity index is 1.70. The van der Waals surface area contributed by atoms with E-state index < -0.39 is 5.97 Å². The molecule has 0 bridgehead atoms. The van der Waals surface area contributed by atoms with Crippen LogP contribution in [0.5, 0.6) is 0 Å². The number of nitrogens with one attached hydrogen (secondary N) is 1. The van der Waals surface area contributed by atoms with Crippen LogP contribution in [0.3, 0.4) is 0 Å². The molecule has 0 aromatic carbocycles. The van der Waals surface area contributed by atoms with Gasteiger partial charge >= 0.3 is 5.97 Å². The molecular formula is C15H26N2O3. The van der Waals surface area contributed by atoms with Gasteiger partial charge in [0.15, 0.2) is 0 Å². The molecule has 2 saturated heterocycles. The molecular weight excluding hydrogens is 256 g/mol. The Bertz CT molecular complexity index is 340. The highest BCUT2D eigenvalue weighted by molar-refractivity contribution is 5.76. The largest absolute Gasteiger partial charge is 0.481 e. The first kappa shape index (κ1) is 15.3. The highest BCUT2D eigenvalue weighted by atomic mass is 16.4. The number of nitrogens with zero attached hydrogens (tertiary/aromatic N) is 1. The minimum absolute atomic E-state index is 0.223. The Morgan fingerprint density at radius 3 is 2.65 bits per heavy atom. The number of carbonyl (C=O) groups is 2. The molecule has 2 aliphatic heterocycles. The lowest BCUT2D eigenvalue weighted by molar-refractivity contribution is -0.137. The second-order valence-electron chi connectivity index (χ2n) is 6.18. The quantitative estimate of drug-likeness (QED) is 0.774. The van der Waals surface area contributed by atoms with Crippen LogP contribution in [0.15, 0.2) is 0 Å². The van der Waals surface area contributed by atoms with Crippen LogP contribution < -0.4 is 5.32 Å². The van der Waals surface area contributed by atoms with E-state index in [0.717, 1.165) is 45.4 Å². The van der Waals surface area contributed by atoms with E-state index in [-0.39, 0.29) is 12.3 Å². The summed E-state index contributed by atoms with van der Waals surface area (Å²) < 4.78 is 0. The Morgan fingerprint density at radius 2 is 1.95 bits per heavy atom. The summed E-state index contributed by atoms with van der Waals surface area (Å²) in [7, 11) is 0. The molecule has 0 aliphatic carbocycles. The van der Waals surface area contributed by atoms with Crippen molar-refractivity contribution in [2.75, 3.05) is 26.2 Å². The second-order valence-corrected chi connectivity index (χ2v) is 6.18. The number of aliphatic carboxylic acids is 1. The number of carboxylic acid groups (broad SMARTS) is 1. The van der Waals surface area contributed by atoms with Crippen LogP contribution in [0.1, 0.15) is 44.9 Å². The topological polar surface area (TPSA) is 69.6 Å². The van der Waals surface area contributed by atoms with Gasteiger partial charge in [0.2, 0.25) is 5.91 Å². The molecule has 5 heteroatoms. The summed E-state index contributed by atoms with van der Waals surface area (Å²) in [6.07, 6.45) is 5.82. The zero-order valence-electron chi connectivity index (χ0n) is 12.1. The SMILES string of the molecule is O=C(O)CCC1CCCN(C(=O)CCC2CCNC2)C1. The lowest BCUT2D eigenvalue weighted by Crippen LogP contribution is -2.40. The van der Waals surface area contributed by atoms with E-state index in [2.05, 4.69) is 5.32 Å². The summed E-state index contributed by atoms with van der Waals surface area (Å²) in [5.41, 5.74) is 0. The molecule has 0 radical (unpaired) electrons. The summed E-state index contributed by atoms with van der Waals surface area (Å²) in [5.74, 6) is 0.558. The Morgan fingerprint density at radius 1 is 1.15 bits per heavy atom. The van der Waals surface area contributed by atoms with Gasteiger partial charge in [-0.25, -0.2) is 0 Å². The van der Waals surface area contributed by atoms with Gasteiger partial charge in [0.25, 0.3) is 0 Å². The molecule has 2 aliphatic rings. The molecule has 2 N–H and O–H groups in total. The molecule has 2 unspecified atom stereocenters. The fraction of sp³-hybridized carbons (Fsp3) is 0.867. The molecule has 0 aromatic rings. The highest BCUT2D eigenvalue weighted by Gasteiger charge is 2.24. The summed E-state index contributed by atoms with van der Waals surface area (Å²) in [6, 6.07) is 0. The molecule has 2 rings (SSSR count). The van der Waals surface area contributed by atoms with Crippen molar-refractivity contribution < 1.29 is 14.7 Å². The first-order chi connectivity index (χ1) is 9.65. The van der Waals surface area contributed by atoms with Crippen molar-refractivity contribution in [2.45, 2.75) is 44.9 Å². The second kappa shape index (κ2) is 7.62. The van der Waals surface area contributed by atoms with E-state index in [1.165, 1.54) is 6.42 Å². The van der Waals surface area contributed by atoms with Gasteiger partial charge in [-0.05, 0) is 57.0 Å². The number of piperidine rings is 1. The van der Waals surface area contributed by atoms with Crippen molar-refractivity contribution in [2.24, 2.45) is 11.8 Å². The molecule has 0 aromatic heterocycles. The fourth-order valence-electron chi connectivity index (χ4n) is 3.30. The maximum atomic E-state index is 12.2. The number of hydrogen-bond acceptors (Lipinski definition) is 3. The van der Waals surface area contributed by atoms with Crippen LogP contribution >= 0.6 is 0 Å². The number of rotatable bonds is 6. The number of amides is 1. The molecule has 2 atom stereocenters. The van der Waals surface area contributed by atoms with Gasteiger partial charge in [-0.3, -0.25) is 9.59 Å². The van der Waals surface area contributed by atoms with Crippen LogP contribution in [-0.4, -0.2) is 48.1 Å². The van der Waals surface area contributed by atoms with Crippen molar-refractivity contribution >= 4 is 11.9 Å². The van der Waals surface area contributed by atoms with Gasteiger partial charge in [0, 0.05) is 25.9 Å². The monoisotopic (exact) mass is 282 g/mol. The summed E-state index contributed by atoms with van der Waals surface area (Å²) in [4.78, 5) is 24.8. The van der Waals surface area contributed by atoms with E-state index >= 15 is 0 Å². The van der Waals surface area contributed by atoms with Crippen LogP contribution in [0.2, 0.25) is 0 Å². The van der Waals surface area contributed by atoms with E-state index in [4.69, 9.17) is 5.11 Å². The van der Waals surface area contributed by atoms with Gasteiger partial charge < -0.3 is 15.3 Å². The smallest absolute Gasteiger partial charge is 0.303 e. The normalized spacial score (nSPS) is 26.7. The van der Waals surface area contributed by atoms with E-state index in [1.807, 2.05) is 4.90 Å². The Labute approximate surface area is 120 Å². The van der Waals surface area contributed by atoms with Crippen LogP contribution in [-0.2, 0) is 9.59 Å². The third kappa shape index (κ3) is 4.78. The van der Waals surface area contributed by atoms with Crippen molar-refractivity contribution in [3.63, 3.8) is 0 Å². The molecule has 0 saturated carbocycles. The standard InChI is InChI=1S/C15H26N2O3/c18-14(5-3-12-7-8-16-10-12)17-9-1-2-13(11-17)4-6-15(19)20/h12-13,16H,1-11H2,(H,19,20). The molecule has 2 fully saturated rings. The Kier molecular flexibility index (Phi) is 5.83. The molecule has 2 heterocycles. The van der Waals surface area contributed by atoms with Gasteiger partial charge in [-0.2, -0.15) is 0 Å². The highest BCUT2D eigenvalue weighted by Crippen LogP contribution is 2.22. The van der Waals surface area contributed by atoms with Crippen LogP contribution in [0.4, 0.5) is 0 Å². The first-order valence-electron chi connectivity index (χ1n) is 7.85. The summed E-state index contributed by atoms with van der Waals surface area (Å²) in [6.45, 7) is 3.74. The summed E-state index contributed by atoms with van der Waals surface area (Å²) >= 11 is 0.